The number of fused-ring (bicyclic) bond motifs is 1. The topological polar surface area (TPSA) is 101 Å². The summed E-state index contributed by atoms with van der Waals surface area (Å²) in [5.41, 5.74) is 3.58. The molecule has 4 rings (SSSR count). The number of ether oxygens (including phenoxy) is 1. The number of anilines is 1. The van der Waals surface area contributed by atoms with Crippen LogP contribution in [0.4, 0.5) is 10.1 Å². The number of rotatable bonds is 9. The molecule has 3 N–H and O–H groups in total. The molecule has 0 amide bonds. The molecule has 0 radical (unpaired) electrons. The van der Waals surface area contributed by atoms with Gasteiger partial charge in [0, 0.05) is 43.6 Å². The number of hydrogen-bond acceptors (Lipinski definition) is 7. The molecule has 1 aliphatic rings. The molecule has 0 spiro atoms. The minimum Gasteiger partial charge on any atom is -0.478 e. The number of nitrogens with one attached hydrogen (secondary N) is 2. The normalized spacial score (nSPS) is 14.6. The van der Waals surface area contributed by atoms with E-state index in [1.54, 1.807) is 0 Å². The van der Waals surface area contributed by atoms with Crippen LogP contribution in [0.5, 0.6) is 0 Å². The molecule has 2 aromatic heterocycles. The summed E-state index contributed by atoms with van der Waals surface area (Å²) < 4.78 is 25.0. The van der Waals surface area contributed by atoms with Crippen molar-refractivity contribution in [2.24, 2.45) is 0 Å². The summed E-state index contributed by atoms with van der Waals surface area (Å²) in [7, 11) is 0. The molecule has 0 bridgehead atoms. The van der Waals surface area contributed by atoms with E-state index in [1.807, 2.05) is 24.7 Å². The fraction of sp³-hybridized carbons (Fsp3) is 0.435. The van der Waals surface area contributed by atoms with Gasteiger partial charge in [-0.25, -0.2) is 18.9 Å². The Balaban J connectivity index is 1.65. The van der Waals surface area contributed by atoms with Crippen molar-refractivity contribution in [1.29, 1.82) is 0 Å². The molecule has 8 nitrogen and oxygen atoms in total. The monoisotopic (exact) mass is 507 g/mol. The molecule has 0 unspecified atom stereocenters. The van der Waals surface area contributed by atoms with Crippen LogP contribution in [0, 0.1) is 5.82 Å². The summed E-state index contributed by atoms with van der Waals surface area (Å²) in [5, 5.41) is 18.3. The maximum Gasteiger partial charge on any atom is 0.337 e. The van der Waals surface area contributed by atoms with Crippen LogP contribution in [-0.4, -0.2) is 45.1 Å². The Morgan fingerprint density at radius 1 is 1.35 bits per heavy atom. The Kier molecular flexibility index (Phi) is 7.92. The van der Waals surface area contributed by atoms with Crippen LogP contribution in [0.15, 0.2) is 23.2 Å². The van der Waals surface area contributed by atoms with Gasteiger partial charge in [-0.3, -0.25) is 4.72 Å². The Labute approximate surface area is 206 Å². The number of carboxylic acids is 1. The molecule has 3 heterocycles. The molecule has 1 saturated heterocycles. The van der Waals surface area contributed by atoms with E-state index in [0.717, 1.165) is 58.8 Å². The second kappa shape index (κ2) is 10.9. The zero-order valence-corrected chi connectivity index (χ0v) is 20.6. The first-order chi connectivity index (χ1) is 16.4. The van der Waals surface area contributed by atoms with Crippen molar-refractivity contribution in [1.82, 2.24) is 19.5 Å². The molecule has 182 valence electrons. The van der Waals surface area contributed by atoms with Crippen molar-refractivity contribution in [3.63, 3.8) is 0 Å². The van der Waals surface area contributed by atoms with Crippen LogP contribution < -0.4 is 10.0 Å². The van der Waals surface area contributed by atoms with Gasteiger partial charge in [0.05, 0.1) is 32.8 Å². The number of nitrogens with zero attached hydrogens (tertiary/aromatic N) is 3. The second-order valence-electron chi connectivity index (χ2n) is 7.99. The molecule has 0 atom stereocenters. The molecule has 0 aliphatic carbocycles. The van der Waals surface area contributed by atoms with Crippen molar-refractivity contribution in [2.45, 2.75) is 57.1 Å². The molecule has 1 fully saturated rings. The summed E-state index contributed by atoms with van der Waals surface area (Å²) in [6.07, 6.45) is 4.36. The lowest BCUT2D eigenvalue weighted by Gasteiger charge is -2.26. The van der Waals surface area contributed by atoms with Gasteiger partial charge in [-0.05, 0) is 50.3 Å². The summed E-state index contributed by atoms with van der Waals surface area (Å²) in [6, 6.07) is 2.54. The largest absolute Gasteiger partial charge is 0.478 e. The second-order valence-corrected chi connectivity index (χ2v) is 9.32. The van der Waals surface area contributed by atoms with Crippen molar-refractivity contribution in [3.8, 4) is 0 Å². The maximum absolute atomic E-state index is 14.4. The van der Waals surface area contributed by atoms with Crippen LogP contribution >= 0.6 is 23.5 Å². The standard InChI is InChI=1S/C23H27ClFN5O3S/c1-3-19-15(12-27-34-20-9-14(23(31)32)17(24)10-18(20)25)21(28-13-5-7-33-8-6-13)16-11-26-30(4-2)22(16)29-19/h9-11,13,27H,3-8,12H2,1-2H3,(H,28,29)(H,31,32). The quantitative estimate of drug-likeness (QED) is 0.352. The lowest BCUT2D eigenvalue weighted by Crippen LogP contribution is -2.29. The zero-order valence-electron chi connectivity index (χ0n) is 19.0. The predicted octanol–water partition coefficient (Wildman–Crippen LogP) is 4.89. The molecule has 3 aromatic rings. The van der Waals surface area contributed by atoms with Gasteiger partial charge in [-0.15, -0.1) is 0 Å². The van der Waals surface area contributed by atoms with E-state index in [4.69, 9.17) is 21.3 Å². The van der Waals surface area contributed by atoms with Crippen LogP contribution in [0.25, 0.3) is 11.0 Å². The van der Waals surface area contributed by atoms with Crippen LogP contribution in [0.1, 0.15) is 48.3 Å². The van der Waals surface area contributed by atoms with E-state index in [9.17, 15) is 14.3 Å². The highest BCUT2D eigenvalue weighted by molar-refractivity contribution is 7.97. The highest BCUT2D eigenvalue weighted by Crippen LogP contribution is 2.32. The van der Waals surface area contributed by atoms with Gasteiger partial charge >= 0.3 is 5.97 Å². The van der Waals surface area contributed by atoms with Crippen molar-refractivity contribution >= 4 is 46.2 Å². The highest BCUT2D eigenvalue weighted by Gasteiger charge is 2.22. The van der Waals surface area contributed by atoms with E-state index in [2.05, 4.69) is 15.1 Å². The number of halogens is 2. The van der Waals surface area contributed by atoms with Crippen molar-refractivity contribution < 1.29 is 19.0 Å². The van der Waals surface area contributed by atoms with Gasteiger partial charge in [-0.2, -0.15) is 5.10 Å². The van der Waals surface area contributed by atoms with Gasteiger partial charge < -0.3 is 15.2 Å². The molecule has 1 aliphatic heterocycles. The van der Waals surface area contributed by atoms with Gasteiger partial charge in [0.15, 0.2) is 5.65 Å². The van der Waals surface area contributed by atoms with E-state index < -0.39 is 11.8 Å². The predicted molar refractivity (Wildman–Crippen MR) is 131 cm³/mol. The third-order valence-corrected chi connectivity index (χ3v) is 6.99. The summed E-state index contributed by atoms with van der Waals surface area (Å²) >= 11 is 6.89. The first kappa shape index (κ1) is 24.7. The van der Waals surface area contributed by atoms with Crippen LogP contribution in [0.2, 0.25) is 5.02 Å². The SMILES string of the molecule is CCc1nc2c(cnn2CC)c(NC2CCOCC2)c1CNSc1cc(C(=O)O)c(Cl)cc1F. The third-order valence-electron chi connectivity index (χ3n) is 5.86. The highest BCUT2D eigenvalue weighted by atomic mass is 35.5. The lowest BCUT2D eigenvalue weighted by atomic mass is 10.0. The number of aromatic carboxylic acids is 1. The third kappa shape index (κ3) is 5.14. The van der Waals surface area contributed by atoms with Gasteiger partial charge in [0.1, 0.15) is 5.82 Å². The van der Waals surface area contributed by atoms with Crippen LogP contribution in [0.3, 0.4) is 0 Å². The fourth-order valence-electron chi connectivity index (χ4n) is 4.06. The number of aryl methyl sites for hydroxylation is 2. The van der Waals surface area contributed by atoms with E-state index >= 15 is 0 Å². The van der Waals surface area contributed by atoms with Gasteiger partial charge in [-0.1, -0.05) is 18.5 Å². The number of pyridine rings is 1. The smallest absolute Gasteiger partial charge is 0.337 e. The van der Waals surface area contributed by atoms with Crippen LogP contribution in [-0.2, 0) is 24.2 Å². The molecular formula is C23H27ClFN5O3S. The Morgan fingerprint density at radius 3 is 2.79 bits per heavy atom. The van der Waals surface area contributed by atoms with Crippen molar-refractivity contribution in [3.05, 3.63) is 46.0 Å². The zero-order chi connectivity index (χ0) is 24.2. The number of carbonyl (C=O) groups is 1. The number of hydrogen-bond donors (Lipinski definition) is 3. The fourth-order valence-corrected chi connectivity index (χ4v) is 4.99. The molecule has 1 aromatic carbocycles. The summed E-state index contributed by atoms with van der Waals surface area (Å²) in [4.78, 5) is 16.4. The Bertz CT molecular complexity index is 1200. The summed E-state index contributed by atoms with van der Waals surface area (Å²) in [6.45, 7) is 6.62. The average Bonchev–Trinajstić information content (AvgIpc) is 3.24. The molecule has 34 heavy (non-hydrogen) atoms. The van der Waals surface area contributed by atoms with E-state index in [0.29, 0.717) is 32.7 Å². The maximum atomic E-state index is 14.4. The lowest BCUT2D eigenvalue weighted by molar-refractivity contribution is 0.0696. The molecule has 0 saturated carbocycles. The van der Waals surface area contributed by atoms with Gasteiger partial charge in [0.2, 0.25) is 0 Å². The Hall–Kier alpha value is -2.40. The van der Waals surface area contributed by atoms with Crippen molar-refractivity contribution in [2.75, 3.05) is 18.5 Å². The number of carboxylic acid groups (broad SMARTS) is 1. The van der Waals surface area contributed by atoms with E-state index in [-0.39, 0.29) is 21.5 Å². The number of aromatic nitrogens is 3. The number of benzene rings is 1. The first-order valence-corrected chi connectivity index (χ1v) is 12.5. The van der Waals surface area contributed by atoms with E-state index in [1.165, 1.54) is 6.07 Å². The summed E-state index contributed by atoms with van der Waals surface area (Å²) in [5.74, 6) is -1.78. The molecular weight excluding hydrogens is 481 g/mol. The van der Waals surface area contributed by atoms with Gasteiger partial charge in [0.25, 0.3) is 0 Å². The minimum atomic E-state index is -1.20. The average molecular weight is 508 g/mol. The minimum absolute atomic E-state index is 0.131. The Morgan fingerprint density at radius 2 is 2.12 bits per heavy atom. The first-order valence-electron chi connectivity index (χ1n) is 11.3. The molecule has 11 heteroatoms.